The molecular formula is C14H18ClN3O. The SMILES string of the molecule is CCC1(c2nc(-c3ccc(CN)cc3)no2)CC1.Cl. The molecule has 1 aromatic heterocycles. The van der Waals surface area contributed by atoms with Gasteiger partial charge in [-0.25, -0.2) is 0 Å². The van der Waals surface area contributed by atoms with Crippen molar-refractivity contribution < 1.29 is 4.52 Å². The predicted molar refractivity (Wildman–Crippen MR) is 76.1 cm³/mol. The van der Waals surface area contributed by atoms with Crippen LogP contribution in [0.5, 0.6) is 0 Å². The van der Waals surface area contributed by atoms with Gasteiger partial charge in [-0.05, 0) is 24.8 Å². The van der Waals surface area contributed by atoms with Crippen molar-refractivity contribution in [3.05, 3.63) is 35.7 Å². The second kappa shape index (κ2) is 5.31. The molecule has 1 heterocycles. The van der Waals surface area contributed by atoms with E-state index in [1.807, 2.05) is 24.3 Å². The van der Waals surface area contributed by atoms with Gasteiger partial charge in [-0.2, -0.15) is 4.98 Å². The zero-order valence-corrected chi connectivity index (χ0v) is 11.7. The Hall–Kier alpha value is -1.39. The van der Waals surface area contributed by atoms with Crippen LogP contribution in [0, 0.1) is 0 Å². The van der Waals surface area contributed by atoms with Crippen LogP contribution in [0.1, 0.15) is 37.6 Å². The van der Waals surface area contributed by atoms with Crippen molar-refractivity contribution in [1.82, 2.24) is 10.1 Å². The van der Waals surface area contributed by atoms with Crippen molar-refractivity contribution in [3.63, 3.8) is 0 Å². The first-order valence-electron chi connectivity index (χ1n) is 6.41. The summed E-state index contributed by atoms with van der Waals surface area (Å²) in [4.78, 5) is 4.53. The molecule has 1 saturated carbocycles. The Morgan fingerprint density at radius 1 is 1.26 bits per heavy atom. The number of aromatic nitrogens is 2. The molecule has 2 N–H and O–H groups in total. The summed E-state index contributed by atoms with van der Waals surface area (Å²) in [6.07, 6.45) is 3.40. The van der Waals surface area contributed by atoms with E-state index in [4.69, 9.17) is 10.3 Å². The fraction of sp³-hybridized carbons (Fsp3) is 0.429. The van der Waals surface area contributed by atoms with E-state index in [1.165, 1.54) is 0 Å². The second-order valence-electron chi connectivity index (χ2n) is 4.96. The van der Waals surface area contributed by atoms with E-state index in [0.29, 0.717) is 12.4 Å². The second-order valence-corrected chi connectivity index (χ2v) is 4.96. The Labute approximate surface area is 118 Å². The molecule has 19 heavy (non-hydrogen) atoms. The first kappa shape index (κ1) is 14.0. The summed E-state index contributed by atoms with van der Waals surface area (Å²) in [6.45, 7) is 2.73. The van der Waals surface area contributed by atoms with Crippen LogP contribution in [-0.4, -0.2) is 10.1 Å². The van der Waals surface area contributed by atoms with Crippen LogP contribution in [0.4, 0.5) is 0 Å². The van der Waals surface area contributed by atoms with E-state index in [9.17, 15) is 0 Å². The van der Waals surface area contributed by atoms with E-state index >= 15 is 0 Å². The van der Waals surface area contributed by atoms with Crippen LogP contribution in [0.25, 0.3) is 11.4 Å². The normalized spacial score (nSPS) is 15.9. The van der Waals surface area contributed by atoms with Crippen LogP contribution in [0.2, 0.25) is 0 Å². The van der Waals surface area contributed by atoms with Gasteiger partial charge < -0.3 is 10.3 Å². The van der Waals surface area contributed by atoms with Crippen molar-refractivity contribution in [2.24, 2.45) is 5.73 Å². The maximum atomic E-state index is 5.58. The van der Waals surface area contributed by atoms with Gasteiger partial charge in [0.05, 0.1) is 0 Å². The summed E-state index contributed by atoms with van der Waals surface area (Å²) >= 11 is 0. The van der Waals surface area contributed by atoms with Crippen LogP contribution < -0.4 is 5.73 Å². The minimum Gasteiger partial charge on any atom is -0.338 e. The third-order valence-corrected chi connectivity index (χ3v) is 3.86. The summed E-state index contributed by atoms with van der Waals surface area (Å²) < 4.78 is 5.41. The number of halogens is 1. The lowest BCUT2D eigenvalue weighted by atomic mass is 10.0. The van der Waals surface area contributed by atoms with E-state index in [1.54, 1.807) is 0 Å². The monoisotopic (exact) mass is 279 g/mol. The number of hydrogen-bond donors (Lipinski definition) is 1. The average molecular weight is 280 g/mol. The highest BCUT2D eigenvalue weighted by Crippen LogP contribution is 2.50. The first-order chi connectivity index (χ1) is 8.77. The molecule has 0 bridgehead atoms. The van der Waals surface area contributed by atoms with E-state index < -0.39 is 0 Å². The Kier molecular flexibility index (Phi) is 3.92. The fourth-order valence-corrected chi connectivity index (χ4v) is 2.22. The fourth-order valence-electron chi connectivity index (χ4n) is 2.22. The molecule has 4 nitrogen and oxygen atoms in total. The van der Waals surface area contributed by atoms with Crippen molar-refractivity contribution in [2.75, 3.05) is 0 Å². The van der Waals surface area contributed by atoms with E-state index in [-0.39, 0.29) is 17.8 Å². The Bertz CT molecular complexity index is 546. The van der Waals surface area contributed by atoms with Gasteiger partial charge in [0.2, 0.25) is 11.7 Å². The van der Waals surface area contributed by atoms with Crippen LogP contribution in [-0.2, 0) is 12.0 Å². The van der Waals surface area contributed by atoms with Gasteiger partial charge in [0.15, 0.2) is 0 Å². The maximum Gasteiger partial charge on any atom is 0.233 e. The van der Waals surface area contributed by atoms with E-state index in [0.717, 1.165) is 36.3 Å². The number of nitrogens with zero attached hydrogens (tertiary/aromatic N) is 2. The Morgan fingerprint density at radius 3 is 2.47 bits per heavy atom. The number of hydrogen-bond acceptors (Lipinski definition) is 4. The third-order valence-electron chi connectivity index (χ3n) is 3.86. The van der Waals surface area contributed by atoms with Gasteiger partial charge in [-0.15, -0.1) is 12.4 Å². The van der Waals surface area contributed by atoms with Crippen LogP contribution in [0.15, 0.2) is 28.8 Å². The van der Waals surface area contributed by atoms with Crippen LogP contribution in [0.3, 0.4) is 0 Å². The zero-order chi connectivity index (χ0) is 12.6. The molecule has 3 rings (SSSR count). The van der Waals surface area contributed by atoms with Crippen LogP contribution >= 0.6 is 12.4 Å². The molecular weight excluding hydrogens is 262 g/mol. The molecule has 0 aliphatic heterocycles. The molecule has 0 amide bonds. The first-order valence-corrected chi connectivity index (χ1v) is 6.41. The molecule has 5 heteroatoms. The minimum atomic E-state index is 0. The third kappa shape index (κ3) is 2.51. The van der Waals surface area contributed by atoms with Gasteiger partial charge >= 0.3 is 0 Å². The molecule has 102 valence electrons. The highest BCUT2D eigenvalue weighted by molar-refractivity contribution is 5.85. The van der Waals surface area contributed by atoms with E-state index in [2.05, 4.69) is 17.1 Å². The molecule has 1 aromatic carbocycles. The molecule has 0 radical (unpaired) electrons. The standard InChI is InChI=1S/C14H17N3O.ClH/c1-2-14(7-8-14)13-16-12(17-18-13)11-5-3-10(9-15)4-6-11;/h3-6H,2,7-9,15H2,1H3;1H. The highest BCUT2D eigenvalue weighted by Gasteiger charge is 2.47. The molecule has 1 aliphatic rings. The highest BCUT2D eigenvalue weighted by atomic mass is 35.5. The number of benzene rings is 1. The number of nitrogens with two attached hydrogens (primary N) is 1. The van der Waals surface area contributed by atoms with Crippen molar-refractivity contribution in [1.29, 1.82) is 0 Å². The maximum absolute atomic E-state index is 5.58. The minimum absolute atomic E-state index is 0. The molecule has 1 fully saturated rings. The quantitative estimate of drug-likeness (QED) is 0.934. The molecule has 2 aromatic rings. The average Bonchev–Trinajstić information content (AvgIpc) is 3.08. The summed E-state index contributed by atoms with van der Waals surface area (Å²) in [7, 11) is 0. The molecule has 0 spiro atoms. The molecule has 1 aliphatic carbocycles. The predicted octanol–water partition coefficient (Wildman–Crippen LogP) is 3.06. The Morgan fingerprint density at radius 2 is 1.95 bits per heavy atom. The van der Waals surface area contributed by atoms with Gasteiger partial charge in [0.1, 0.15) is 0 Å². The lowest BCUT2D eigenvalue weighted by Gasteiger charge is -2.03. The molecule has 0 saturated heterocycles. The van der Waals surface area contributed by atoms with Crippen molar-refractivity contribution in [3.8, 4) is 11.4 Å². The van der Waals surface area contributed by atoms with Gasteiger partial charge in [0.25, 0.3) is 0 Å². The lowest BCUT2D eigenvalue weighted by molar-refractivity contribution is 0.341. The smallest absolute Gasteiger partial charge is 0.233 e. The zero-order valence-electron chi connectivity index (χ0n) is 10.9. The van der Waals surface area contributed by atoms with Crippen molar-refractivity contribution in [2.45, 2.75) is 38.1 Å². The molecule has 0 unspecified atom stereocenters. The van der Waals surface area contributed by atoms with Gasteiger partial charge in [-0.3, -0.25) is 0 Å². The van der Waals surface area contributed by atoms with Crippen molar-refractivity contribution >= 4 is 12.4 Å². The molecule has 0 atom stereocenters. The summed E-state index contributed by atoms with van der Waals surface area (Å²) in [5, 5.41) is 4.08. The lowest BCUT2D eigenvalue weighted by Crippen LogP contribution is -2.04. The van der Waals surface area contributed by atoms with Gasteiger partial charge in [-0.1, -0.05) is 36.3 Å². The summed E-state index contributed by atoms with van der Waals surface area (Å²) in [6, 6.07) is 7.97. The summed E-state index contributed by atoms with van der Waals surface area (Å²) in [5.41, 5.74) is 7.83. The number of rotatable bonds is 4. The summed E-state index contributed by atoms with van der Waals surface area (Å²) in [5.74, 6) is 1.47. The Balaban J connectivity index is 0.00000133. The van der Waals surface area contributed by atoms with Gasteiger partial charge in [0, 0.05) is 17.5 Å². The topological polar surface area (TPSA) is 64.9 Å². The largest absolute Gasteiger partial charge is 0.338 e.